The molecule has 1 N–H and O–H groups in total. The molecule has 1 aliphatic rings. The Morgan fingerprint density at radius 2 is 1.90 bits per heavy atom. The number of anilines is 1. The zero-order valence-corrected chi connectivity index (χ0v) is 18.6. The lowest BCUT2D eigenvalue weighted by Crippen LogP contribution is -2.42. The van der Waals surface area contributed by atoms with Gasteiger partial charge in [-0.25, -0.2) is 0 Å². The number of carbonyl (C=O) groups is 1. The number of para-hydroxylation sites is 1. The van der Waals surface area contributed by atoms with E-state index in [9.17, 15) is 9.90 Å². The molecule has 0 radical (unpaired) electrons. The number of nitrogens with zero attached hydrogens (tertiary/aromatic N) is 2. The quantitative estimate of drug-likeness (QED) is 0.656. The molecule has 2 aromatic rings. The predicted octanol–water partition coefficient (Wildman–Crippen LogP) is 3.64. The number of fused-ring (bicyclic) bond motifs is 1. The van der Waals surface area contributed by atoms with Gasteiger partial charge in [-0.2, -0.15) is 0 Å². The lowest BCUT2D eigenvalue weighted by atomic mass is 10.1. The van der Waals surface area contributed by atoms with Gasteiger partial charge in [0.15, 0.2) is 0 Å². The number of aliphatic hydroxyl groups is 1. The average molecular weight is 425 g/mol. The Balaban J connectivity index is 1.77. The van der Waals surface area contributed by atoms with Crippen molar-refractivity contribution in [1.82, 2.24) is 4.90 Å². The van der Waals surface area contributed by atoms with Gasteiger partial charge in [0.25, 0.3) is 0 Å². The first-order valence-corrected chi connectivity index (χ1v) is 10.6. The van der Waals surface area contributed by atoms with Crippen molar-refractivity contribution >= 4 is 11.6 Å². The summed E-state index contributed by atoms with van der Waals surface area (Å²) in [5.41, 5.74) is 3.20. The van der Waals surface area contributed by atoms with Crippen molar-refractivity contribution in [3.8, 4) is 11.5 Å². The van der Waals surface area contributed by atoms with Gasteiger partial charge < -0.3 is 24.4 Å². The molecule has 6 heteroatoms. The highest BCUT2D eigenvalue weighted by Crippen LogP contribution is 2.29. The van der Waals surface area contributed by atoms with Crippen LogP contribution in [0.25, 0.3) is 0 Å². The SMILES string of the molecule is COc1ccc2c(c1)CN(CC=C(C)C)C(=O)CCN2CC(O)COc1ccccc1. The average Bonchev–Trinajstić information content (AvgIpc) is 2.77. The van der Waals surface area contributed by atoms with Gasteiger partial charge in [-0.15, -0.1) is 0 Å². The Hall–Kier alpha value is -2.99. The number of β-amino-alcohol motifs (C(OH)–C–C–N with tert-alkyl or cyclic N) is 1. The minimum absolute atomic E-state index is 0.103. The first-order chi connectivity index (χ1) is 15.0. The summed E-state index contributed by atoms with van der Waals surface area (Å²) in [6.45, 7) is 6.26. The van der Waals surface area contributed by atoms with Crippen molar-refractivity contribution in [2.24, 2.45) is 0 Å². The molecule has 0 spiro atoms. The molecule has 0 aliphatic carbocycles. The number of methoxy groups -OCH3 is 1. The highest BCUT2D eigenvalue weighted by atomic mass is 16.5. The number of ether oxygens (including phenoxy) is 2. The van der Waals surface area contributed by atoms with Crippen LogP contribution in [0.15, 0.2) is 60.2 Å². The second-order valence-corrected chi connectivity index (χ2v) is 8.02. The molecular formula is C25H32N2O4. The van der Waals surface area contributed by atoms with Crippen molar-refractivity contribution in [3.05, 3.63) is 65.7 Å². The summed E-state index contributed by atoms with van der Waals surface area (Å²) < 4.78 is 11.1. The van der Waals surface area contributed by atoms with Crippen molar-refractivity contribution in [2.45, 2.75) is 32.9 Å². The summed E-state index contributed by atoms with van der Waals surface area (Å²) in [5, 5.41) is 10.6. The van der Waals surface area contributed by atoms with E-state index in [-0.39, 0.29) is 12.5 Å². The van der Waals surface area contributed by atoms with Crippen LogP contribution in [-0.2, 0) is 11.3 Å². The van der Waals surface area contributed by atoms with Gasteiger partial charge in [0, 0.05) is 38.3 Å². The third kappa shape index (κ3) is 6.49. The van der Waals surface area contributed by atoms with Crippen LogP contribution in [0.2, 0.25) is 0 Å². The van der Waals surface area contributed by atoms with E-state index in [0.29, 0.717) is 32.6 Å². The van der Waals surface area contributed by atoms with E-state index in [0.717, 1.165) is 22.7 Å². The van der Waals surface area contributed by atoms with Crippen molar-refractivity contribution in [1.29, 1.82) is 0 Å². The first kappa shape index (κ1) is 22.7. The molecule has 0 bridgehead atoms. The minimum Gasteiger partial charge on any atom is -0.497 e. The summed E-state index contributed by atoms with van der Waals surface area (Å²) in [6.07, 6.45) is 1.78. The lowest BCUT2D eigenvalue weighted by Gasteiger charge is -2.34. The predicted molar refractivity (Wildman–Crippen MR) is 123 cm³/mol. The number of aliphatic hydroxyl groups excluding tert-OH is 1. The molecule has 0 saturated carbocycles. The first-order valence-electron chi connectivity index (χ1n) is 10.6. The second kappa shape index (κ2) is 10.9. The Bertz CT molecular complexity index is 894. The van der Waals surface area contributed by atoms with Crippen LogP contribution in [0.5, 0.6) is 11.5 Å². The molecule has 31 heavy (non-hydrogen) atoms. The maximum Gasteiger partial charge on any atom is 0.224 e. The van der Waals surface area contributed by atoms with Gasteiger partial charge in [-0.1, -0.05) is 29.8 Å². The largest absolute Gasteiger partial charge is 0.497 e. The molecule has 1 amide bonds. The van der Waals surface area contributed by atoms with Gasteiger partial charge in [-0.05, 0) is 49.7 Å². The molecule has 0 saturated heterocycles. The number of rotatable bonds is 8. The number of hydrogen-bond acceptors (Lipinski definition) is 5. The van der Waals surface area contributed by atoms with E-state index in [4.69, 9.17) is 9.47 Å². The van der Waals surface area contributed by atoms with E-state index >= 15 is 0 Å². The Labute approximate surface area is 184 Å². The molecule has 1 unspecified atom stereocenters. The number of carbonyl (C=O) groups excluding carboxylic acids is 1. The summed E-state index contributed by atoms with van der Waals surface area (Å²) in [4.78, 5) is 16.8. The van der Waals surface area contributed by atoms with Gasteiger partial charge >= 0.3 is 0 Å². The molecule has 1 heterocycles. The number of amides is 1. The zero-order chi connectivity index (χ0) is 22.2. The number of allylic oxidation sites excluding steroid dienone is 1. The second-order valence-electron chi connectivity index (χ2n) is 8.02. The smallest absolute Gasteiger partial charge is 0.224 e. The van der Waals surface area contributed by atoms with Crippen LogP contribution in [0, 0.1) is 0 Å². The summed E-state index contributed by atoms with van der Waals surface area (Å²) in [6, 6.07) is 15.4. The number of benzene rings is 2. The van der Waals surface area contributed by atoms with Crippen LogP contribution in [0.3, 0.4) is 0 Å². The maximum absolute atomic E-state index is 12.8. The van der Waals surface area contributed by atoms with E-state index in [1.54, 1.807) is 7.11 Å². The molecule has 0 aromatic heterocycles. The zero-order valence-electron chi connectivity index (χ0n) is 18.6. The highest BCUT2D eigenvalue weighted by molar-refractivity contribution is 5.78. The molecule has 6 nitrogen and oxygen atoms in total. The summed E-state index contributed by atoms with van der Waals surface area (Å²) >= 11 is 0. The van der Waals surface area contributed by atoms with Crippen LogP contribution >= 0.6 is 0 Å². The molecule has 3 rings (SSSR count). The van der Waals surface area contributed by atoms with Crippen LogP contribution in [0.1, 0.15) is 25.8 Å². The van der Waals surface area contributed by atoms with E-state index < -0.39 is 6.10 Å². The van der Waals surface area contributed by atoms with Gasteiger partial charge in [0.05, 0.1) is 7.11 Å². The lowest BCUT2D eigenvalue weighted by molar-refractivity contribution is -0.131. The van der Waals surface area contributed by atoms with Crippen LogP contribution in [0.4, 0.5) is 5.69 Å². The molecule has 0 fully saturated rings. The van der Waals surface area contributed by atoms with Gasteiger partial charge in [0.2, 0.25) is 5.91 Å². The summed E-state index contributed by atoms with van der Waals surface area (Å²) in [5.74, 6) is 1.58. The fourth-order valence-corrected chi connectivity index (χ4v) is 3.59. The Morgan fingerprint density at radius 3 is 2.61 bits per heavy atom. The summed E-state index contributed by atoms with van der Waals surface area (Å²) in [7, 11) is 1.64. The Morgan fingerprint density at radius 1 is 1.13 bits per heavy atom. The van der Waals surface area contributed by atoms with Crippen LogP contribution < -0.4 is 14.4 Å². The maximum atomic E-state index is 12.8. The Kier molecular flexibility index (Phi) is 7.95. The van der Waals surface area contributed by atoms with Gasteiger partial charge in [0.1, 0.15) is 24.2 Å². The standard InChI is InChI=1S/C25H32N2O4/c1-19(2)11-13-27-16-20-15-23(30-3)9-10-24(20)26(14-12-25(27)29)17-21(28)18-31-22-7-5-4-6-8-22/h4-11,15,21,28H,12-14,16-18H2,1-3H3. The van der Waals surface area contributed by atoms with E-state index in [2.05, 4.69) is 11.0 Å². The molecule has 2 aromatic carbocycles. The topological polar surface area (TPSA) is 62.2 Å². The molecular weight excluding hydrogens is 392 g/mol. The fourth-order valence-electron chi connectivity index (χ4n) is 3.59. The fraction of sp³-hybridized carbons (Fsp3) is 0.400. The van der Waals surface area contributed by atoms with Crippen molar-refractivity contribution in [2.75, 3.05) is 38.3 Å². The number of hydrogen-bond donors (Lipinski definition) is 1. The van der Waals surface area contributed by atoms with Crippen LogP contribution in [-0.4, -0.2) is 55.4 Å². The van der Waals surface area contributed by atoms with E-state index in [1.807, 2.05) is 67.3 Å². The third-order valence-electron chi connectivity index (χ3n) is 5.27. The third-order valence-corrected chi connectivity index (χ3v) is 5.27. The van der Waals surface area contributed by atoms with Crippen molar-refractivity contribution in [3.63, 3.8) is 0 Å². The molecule has 1 aliphatic heterocycles. The highest BCUT2D eigenvalue weighted by Gasteiger charge is 2.24. The minimum atomic E-state index is -0.688. The molecule has 166 valence electrons. The van der Waals surface area contributed by atoms with E-state index in [1.165, 1.54) is 5.57 Å². The normalized spacial score (nSPS) is 14.9. The monoisotopic (exact) mass is 424 g/mol. The van der Waals surface area contributed by atoms with Crippen molar-refractivity contribution < 1.29 is 19.4 Å². The molecule has 1 atom stereocenters. The van der Waals surface area contributed by atoms with Gasteiger partial charge in [-0.3, -0.25) is 4.79 Å².